The molecule has 178 valence electrons. The van der Waals surface area contributed by atoms with Crippen LogP contribution in [-0.2, 0) is 0 Å². The van der Waals surface area contributed by atoms with E-state index in [9.17, 15) is 9.18 Å². The minimum atomic E-state index is -0.319. The smallest absolute Gasteiger partial charge is 0.253 e. The van der Waals surface area contributed by atoms with Crippen LogP contribution in [0.1, 0.15) is 34.8 Å². The highest BCUT2D eigenvalue weighted by Crippen LogP contribution is 2.35. The van der Waals surface area contributed by atoms with Crippen LogP contribution < -0.4 is 0 Å². The number of likely N-dealkylation sites (tertiary alicyclic amines) is 1. The van der Waals surface area contributed by atoms with Crippen molar-refractivity contribution in [2.24, 2.45) is 0 Å². The summed E-state index contributed by atoms with van der Waals surface area (Å²) in [6, 6.07) is 18.1. The summed E-state index contributed by atoms with van der Waals surface area (Å²) in [5.41, 5.74) is 4.34. The van der Waals surface area contributed by atoms with Crippen molar-refractivity contribution in [3.63, 3.8) is 0 Å². The van der Waals surface area contributed by atoms with Gasteiger partial charge in [-0.3, -0.25) is 9.78 Å². The number of benzene rings is 2. The first kappa shape index (κ1) is 22.1. The Balaban J connectivity index is 1.37. The van der Waals surface area contributed by atoms with Crippen LogP contribution in [0.5, 0.6) is 0 Å². The van der Waals surface area contributed by atoms with Crippen molar-refractivity contribution in [3.8, 4) is 22.5 Å². The third-order valence-corrected chi connectivity index (χ3v) is 6.80. The van der Waals surface area contributed by atoms with Crippen LogP contribution >= 0.6 is 0 Å². The molecule has 1 aliphatic rings. The van der Waals surface area contributed by atoms with Crippen LogP contribution in [0.25, 0.3) is 33.4 Å². The molecule has 1 unspecified atom stereocenters. The van der Waals surface area contributed by atoms with Gasteiger partial charge >= 0.3 is 0 Å². The summed E-state index contributed by atoms with van der Waals surface area (Å²) >= 11 is 0. The summed E-state index contributed by atoms with van der Waals surface area (Å²) in [6.45, 7) is 1.19. The van der Waals surface area contributed by atoms with E-state index in [0.717, 1.165) is 35.0 Å². The maximum absolute atomic E-state index is 14.8. The van der Waals surface area contributed by atoms with Gasteiger partial charge in [-0.05, 0) is 55.3 Å². The molecule has 3 aromatic heterocycles. The number of rotatable bonds is 4. The number of carbonyl (C=O) groups is 1. The number of nitrogens with zero attached hydrogens (tertiary/aromatic N) is 4. The Morgan fingerprint density at radius 3 is 2.81 bits per heavy atom. The standard InChI is InChI=1S/C29H24FN5O/c30-25-8-2-1-7-23(25)24-17-33-28(21-5-3-12-31-16-21)34-27(24)22-6-4-14-35(18-22)29(36)20-9-10-26-19(15-20)11-13-32-26/h1-3,5,7-13,15-17,22,32H,4,6,14,18H2. The van der Waals surface area contributed by atoms with Crippen LogP contribution in [-0.4, -0.2) is 43.8 Å². The molecule has 0 aliphatic carbocycles. The number of nitrogens with one attached hydrogen (secondary N) is 1. The Morgan fingerprint density at radius 2 is 1.94 bits per heavy atom. The molecule has 1 fully saturated rings. The number of piperidine rings is 1. The number of pyridine rings is 1. The van der Waals surface area contributed by atoms with Crippen molar-refractivity contribution < 1.29 is 9.18 Å². The van der Waals surface area contributed by atoms with Crippen molar-refractivity contribution in [1.82, 2.24) is 24.8 Å². The average Bonchev–Trinajstić information content (AvgIpc) is 3.41. The number of aromatic nitrogens is 4. The van der Waals surface area contributed by atoms with E-state index in [1.165, 1.54) is 6.07 Å². The normalized spacial score (nSPS) is 15.8. The monoisotopic (exact) mass is 477 g/mol. The van der Waals surface area contributed by atoms with Crippen LogP contribution in [0, 0.1) is 5.82 Å². The lowest BCUT2D eigenvalue weighted by molar-refractivity contribution is 0.0706. The lowest BCUT2D eigenvalue weighted by Gasteiger charge is -2.33. The molecule has 7 heteroatoms. The minimum absolute atomic E-state index is 0.00298. The number of carbonyl (C=O) groups excluding carboxylic acids is 1. The summed E-state index contributed by atoms with van der Waals surface area (Å²) in [6.07, 6.45) is 8.68. The molecule has 1 aliphatic heterocycles. The Kier molecular flexibility index (Phi) is 5.73. The van der Waals surface area contributed by atoms with E-state index >= 15 is 0 Å². The van der Waals surface area contributed by atoms with Gasteiger partial charge in [0.25, 0.3) is 5.91 Å². The van der Waals surface area contributed by atoms with Crippen LogP contribution in [0.4, 0.5) is 4.39 Å². The first-order valence-corrected chi connectivity index (χ1v) is 12.1. The predicted octanol–water partition coefficient (Wildman–Crippen LogP) is 5.85. The van der Waals surface area contributed by atoms with Gasteiger partial charge in [0.1, 0.15) is 5.82 Å². The highest BCUT2D eigenvalue weighted by molar-refractivity contribution is 5.98. The van der Waals surface area contributed by atoms with E-state index in [2.05, 4.69) is 15.0 Å². The second-order valence-corrected chi connectivity index (χ2v) is 9.08. The molecule has 1 amide bonds. The van der Waals surface area contributed by atoms with Crippen LogP contribution in [0.2, 0.25) is 0 Å². The van der Waals surface area contributed by atoms with E-state index in [1.807, 2.05) is 53.6 Å². The van der Waals surface area contributed by atoms with Crippen LogP contribution in [0.3, 0.4) is 0 Å². The fourth-order valence-corrected chi connectivity index (χ4v) is 4.98. The van der Waals surface area contributed by atoms with Gasteiger partial charge in [0, 0.05) is 77.0 Å². The second kappa shape index (κ2) is 9.34. The molecule has 0 bridgehead atoms. The zero-order valence-corrected chi connectivity index (χ0v) is 19.6. The molecule has 1 atom stereocenters. The van der Waals surface area contributed by atoms with E-state index in [-0.39, 0.29) is 17.6 Å². The van der Waals surface area contributed by atoms with Gasteiger partial charge in [-0.25, -0.2) is 14.4 Å². The number of halogens is 1. The molecule has 0 spiro atoms. The molecule has 1 N–H and O–H groups in total. The zero-order chi connectivity index (χ0) is 24.5. The predicted molar refractivity (Wildman–Crippen MR) is 137 cm³/mol. The lowest BCUT2D eigenvalue weighted by atomic mass is 9.89. The van der Waals surface area contributed by atoms with Crippen LogP contribution in [0.15, 0.2) is 85.5 Å². The molecule has 6 nitrogen and oxygen atoms in total. The van der Waals surface area contributed by atoms with Crippen molar-refractivity contribution in [2.75, 3.05) is 13.1 Å². The number of hydrogen-bond acceptors (Lipinski definition) is 4. The number of hydrogen-bond donors (Lipinski definition) is 1. The highest BCUT2D eigenvalue weighted by Gasteiger charge is 2.29. The van der Waals surface area contributed by atoms with E-state index in [4.69, 9.17) is 4.98 Å². The van der Waals surface area contributed by atoms with Gasteiger partial charge in [0.05, 0.1) is 5.69 Å². The lowest BCUT2D eigenvalue weighted by Crippen LogP contribution is -2.39. The number of amides is 1. The van der Waals surface area contributed by atoms with E-state index < -0.39 is 0 Å². The van der Waals surface area contributed by atoms with Gasteiger partial charge in [-0.2, -0.15) is 0 Å². The fourth-order valence-electron chi connectivity index (χ4n) is 4.98. The molecule has 6 rings (SSSR count). The summed E-state index contributed by atoms with van der Waals surface area (Å²) in [7, 11) is 0. The van der Waals surface area contributed by atoms with Crippen molar-refractivity contribution in [1.29, 1.82) is 0 Å². The first-order chi connectivity index (χ1) is 17.7. The van der Waals surface area contributed by atoms with Crippen molar-refractivity contribution in [2.45, 2.75) is 18.8 Å². The van der Waals surface area contributed by atoms with Gasteiger partial charge in [0.15, 0.2) is 5.82 Å². The molecule has 4 heterocycles. The maximum Gasteiger partial charge on any atom is 0.253 e. The largest absolute Gasteiger partial charge is 0.361 e. The quantitative estimate of drug-likeness (QED) is 0.353. The molecule has 5 aromatic rings. The minimum Gasteiger partial charge on any atom is -0.361 e. The van der Waals surface area contributed by atoms with E-state index in [0.29, 0.717) is 35.6 Å². The van der Waals surface area contributed by atoms with E-state index in [1.54, 1.807) is 30.7 Å². The molecule has 36 heavy (non-hydrogen) atoms. The molecular weight excluding hydrogens is 453 g/mol. The third-order valence-electron chi connectivity index (χ3n) is 6.80. The summed E-state index contributed by atoms with van der Waals surface area (Å²) in [5, 5.41) is 1.01. The number of aromatic amines is 1. The molecule has 0 saturated carbocycles. The zero-order valence-electron chi connectivity index (χ0n) is 19.6. The van der Waals surface area contributed by atoms with Gasteiger partial charge in [0.2, 0.25) is 0 Å². The molecular formula is C29H24FN5O. The Hall–Kier alpha value is -4.39. The SMILES string of the molecule is O=C(c1ccc2[nH]ccc2c1)N1CCCC(c2nc(-c3cccnc3)ncc2-c2ccccc2F)C1. The fraction of sp³-hybridized carbons (Fsp3) is 0.172. The Morgan fingerprint density at radius 1 is 1.03 bits per heavy atom. The van der Waals surface area contributed by atoms with Gasteiger partial charge in [-0.1, -0.05) is 18.2 Å². The van der Waals surface area contributed by atoms with Gasteiger partial charge in [-0.15, -0.1) is 0 Å². The highest BCUT2D eigenvalue weighted by atomic mass is 19.1. The third kappa shape index (κ3) is 4.13. The number of fused-ring (bicyclic) bond motifs is 1. The molecule has 2 aromatic carbocycles. The van der Waals surface area contributed by atoms with Gasteiger partial charge < -0.3 is 9.88 Å². The Bertz CT molecular complexity index is 1550. The summed E-state index contributed by atoms with van der Waals surface area (Å²) < 4.78 is 14.8. The maximum atomic E-state index is 14.8. The first-order valence-electron chi connectivity index (χ1n) is 12.1. The summed E-state index contributed by atoms with van der Waals surface area (Å²) in [4.78, 5) is 32.2. The topological polar surface area (TPSA) is 74.8 Å². The molecule has 1 saturated heterocycles. The average molecular weight is 478 g/mol. The van der Waals surface area contributed by atoms with Crippen molar-refractivity contribution in [3.05, 3.63) is 103 Å². The summed E-state index contributed by atoms with van der Waals surface area (Å²) in [5.74, 6) is 0.170. The Labute approximate surface area is 207 Å². The van der Waals surface area contributed by atoms with Crippen molar-refractivity contribution >= 4 is 16.8 Å². The number of H-pyrrole nitrogens is 1. The second-order valence-electron chi connectivity index (χ2n) is 9.08. The molecule has 0 radical (unpaired) electrons.